The molecule has 2 aliphatic heterocycles. The fourth-order valence-electron chi connectivity index (χ4n) is 4.55. The van der Waals surface area contributed by atoms with Crippen molar-refractivity contribution < 1.29 is 10.0 Å². The second-order valence-electron chi connectivity index (χ2n) is 8.99. The van der Waals surface area contributed by atoms with Crippen LogP contribution >= 0.6 is 0 Å². The van der Waals surface area contributed by atoms with E-state index in [4.69, 9.17) is 0 Å². The molecular formula is C25H28N8O3. The van der Waals surface area contributed by atoms with Gasteiger partial charge in [0.05, 0.1) is 11.1 Å². The molecular weight excluding hydrogens is 460 g/mol. The van der Waals surface area contributed by atoms with Crippen molar-refractivity contribution in [2.24, 2.45) is 5.10 Å². The third-order valence-electron chi connectivity index (χ3n) is 6.38. The van der Waals surface area contributed by atoms with E-state index in [1.54, 1.807) is 6.07 Å². The van der Waals surface area contributed by atoms with Crippen LogP contribution in [-0.4, -0.2) is 57.4 Å². The Morgan fingerprint density at radius 2 is 1.56 bits per heavy atom. The van der Waals surface area contributed by atoms with Crippen LogP contribution in [0, 0.1) is 10.1 Å². The highest BCUT2D eigenvalue weighted by molar-refractivity contribution is 5.86. The molecule has 2 aliphatic rings. The third-order valence-corrected chi connectivity index (χ3v) is 6.38. The zero-order chi connectivity index (χ0) is 24.9. The Hall–Kier alpha value is -4.28. The average molecular weight is 489 g/mol. The summed E-state index contributed by atoms with van der Waals surface area (Å²) in [7, 11) is 0. The molecule has 0 amide bonds. The van der Waals surface area contributed by atoms with Gasteiger partial charge < -0.3 is 14.9 Å². The topological polar surface area (TPSA) is 133 Å². The van der Waals surface area contributed by atoms with Gasteiger partial charge in [0.1, 0.15) is 0 Å². The van der Waals surface area contributed by atoms with Crippen LogP contribution in [0.1, 0.15) is 42.4 Å². The first kappa shape index (κ1) is 23.5. The molecule has 0 aliphatic carbocycles. The van der Waals surface area contributed by atoms with Crippen molar-refractivity contribution in [3.63, 3.8) is 0 Å². The Morgan fingerprint density at radius 1 is 0.944 bits per heavy atom. The maximum absolute atomic E-state index is 11.5. The predicted molar refractivity (Wildman–Crippen MR) is 138 cm³/mol. The summed E-state index contributed by atoms with van der Waals surface area (Å²) in [6, 6.07) is 12.7. The summed E-state index contributed by atoms with van der Waals surface area (Å²) in [4.78, 5) is 29.0. The summed E-state index contributed by atoms with van der Waals surface area (Å²) in [6.45, 7) is 3.60. The van der Waals surface area contributed by atoms with Crippen LogP contribution in [0.15, 0.2) is 47.6 Å². The van der Waals surface area contributed by atoms with Crippen LogP contribution < -0.4 is 15.2 Å². The number of nitrogens with zero attached hydrogens (tertiary/aromatic N) is 7. The summed E-state index contributed by atoms with van der Waals surface area (Å²) in [5.41, 5.74) is 4.41. The van der Waals surface area contributed by atoms with E-state index in [2.05, 4.69) is 35.3 Å². The quantitative estimate of drug-likeness (QED) is 0.276. The summed E-state index contributed by atoms with van der Waals surface area (Å²) < 4.78 is 0. The second-order valence-corrected chi connectivity index (χ2v) is 8.99. The van der Waals surface area contributed by atoms with Crippen molar-refractivity contribution in [3.8, 4) is 5.75 Å². The molecule has 3 heterocycles. The molecule has 0 unspecified atom stereocenters. The van der Waals surface area contributed by atoms with Crippen molar-refractivity contribution >= 4 is 29.7 Å². The number of rotatable bonds is 8. The van der Waals surface area contributed by atoms with Crippen molar-refractivity contribution in [2.45, 2.75) is 32.1 Å². The molecule has 2 fully saturated rings. The smallest absolute Gasteiger partial charge is 0.311 e. The van der Waals surface area contributed by atoms with E-state index < -0.39 is 10.7 Å². The molecule has 0 atom stereocenters. The number of aromatic hydroxyl groups is 1. The number of hydrazone groups is 1. The standard InChI is InChI=1S/C25H28N8O3/c34-22-20(15-19(16-21(22)33(35)36)14-18-8-2-1-3-9-18)17-26-30-23-27-24(31-10-4-5-11-31)29-25(28-23)32-12-6-7-13-32/h1-3,8-9,15-17,34H,4-7,10-14H2,(H,27,28,29,30)/b26-17+. The van der Waals surface area contributed by atoms with Crippen LogP contribution in [-0.2, 0) is 6.42 Å². The van der Waals surface area contributed by atoms with E-state index in [0.717, 1.165) is 57.4 Å². The van der Waals surface area contributed by atoms with Crippen molar-refractivity contribution in [3.05, 3.63) is 69.3 Å². The Bertz CT molecular complexity index is 1220. The van der Waals surface area contributed by atoms with Gasteiger partial charge in [0, 0.05) is 37.8 Å². The van der Waals surface area contributed by atoms with Crippen LogP contribution in [0.5, 0.6) is 5.75 Å². The highest BCUT2D eigenvalue weighted by Crippen LogP contribution is 2.31. The lowest BCUT2D eigenvalue weighted by atomic mass is 10.0. The van der Waals surface area contributed by atoms with Crippen LogP contribution in [0.2, 0.25) is 0 Å². The van der Waals surface area contributed by atoms with Gasteiger partial charge in [-0.2, -0.15) is 20.1 Å². The third kappa shape index (κ3) is 5.35. The molecule has 3 aromatic rings. The normalized spacial score (nSPS) is 15.7. The minimum absolute atomic E-state index is 0.233. The van der Waals surface area contributed by atoms with Gasteiger partial charge in [-0.05, 0) is 49.3 Å². The number of hydrogen-bond donors (Lipinski definition) is 2. The zero-order valence-electron chi connectivity index (χ0n) is 19.9. The second kappa shape index (κ2) is 10.5. The number of phenolic OH excluding ortho intramolecular Hbond substituents is 1. The molecule has 5 rings (SSSR count). The van der Waals surface area contributed by atoms with Crippen molar-refractivity contribution in [1.82, 2.24) is 15.0 Å². The first-order chi connectivity index (χ1) is 17.6. The molecule has 0 radical (unpaired) electrons. The molecule has 2 N–H and O–H groups in total. The molecule has 0 bridgehead atoms. The van der Waals surface area contributed by atoms with E-state index in [1.165, 1.54) is 12.3 Å². The minimum atomic E-state index is -0.592. The van der Waals surface area contributed by atoms with E-state index in [0.29, 0.717) is 29.8 Å². The highest BCUT2D eigenvalue weighted by Gasteiger charge is 2.22. The molecule has 1 aromatic heterocycles. The number of phenols is 1. The summed E-state index contributed by atoms with van der Waals surface area (Å²) in [6.07, 6.45) is 6.24. The summed E-state index contributed by atoms with van der Waals surface area (Å²) in [5.74, 6) is 1.09. The van der Waals surface area contributed by atoms with Gasteiger partial charge in [0.15, 0.2) is 0 Å². The number of benzene rings is 2. The lowest BCUT2D eigenvalue weighted by Gasteiger charge is -2.20. The minimum Gasteiger partial charge on any atom is -0.502 e. The number of aromatic nitrogens is 3. The van der Waals surface area contributed by atoms with Gasteiger partial charge >= 0.3 is 5.69 Å². The fourth-order valence-corrected chi connectivity index (χ4v) is 4.55. The number of nitro benzene ring substituents is 1. The summed E-state index contributed by atoms with van der Waals surface area (Å²) in [5, 5.41) is 26.3. The Balaban J connectivity index is 1.40. The van der Waals surface area contributed by atoms with E-state index in [9.17, 15) is 15.2 Å². The molecule has 36 heavy (non-hydrogen) atoms. The van der Waals surface area contributed by atoms with E-state index in [-0.39, 0.29) is 11.3 Å². The Kier molecular flexibility index (Phi) is 6.87. The Morgan fingerprint density at radius 3 is 2.14 bits per heavy atom. The first-order valence-corrected chi connectivity index (χ1v) is 12.2. The van der Waals surface area contributed by atoms with Gasteiger partial charge in [-0.3, -0.25) is 10.1 Å². The maximum atomic E-state index is 11.5. The number of nitro groups is 1. The fraction of sp³-hybridized carbons (Fsp3) is 0.360. The number of nitrogens with one attached hydrogen (secondary N) is 1. The molecule has 186 valence electrons. The van der Waals surface area contributed by atoms with E-state index in [1.807, 2.05) is 30.3 Å². The monoisotopic (exact) mass is 488 g/mol. The van der Waals surface area contributed by atoms with E-state index >= 15 is 0 Å². The highest BCUT2D eigenvalue weighted by atomic mass is 16.6. The lowest BCUT2D eigenvalue weighted by molar-refractivity contribution is -0.385. The molecule has 2 aromatic carbocycles. The maximum Gasteiger partial charge on any atom is 0.311 e. The molecule has 11 nitrogen and oxygen atoms in total. The molecule has 11 heteroatoms. The molecule has 0 saturated carbocycles. The molecule has 2 saturated heterocycles. The zero-order valence-corrected chi connectivity index (χ0v) is 19.9. The predicted octanol–water partition coefficient (Wildman–Crippen LogP) is 3.72. The summed E-state index contributed by atoms with van der Waals surface area (Å²) >= 11 is 0. The SMILES string of the molecule is O=[N+]([O-])c1cc(Cc2ccccc2)cc(/C=N/Nc2nc(N3CCCC3)nc(N3CCCC3)n2)c1O. The first-order valence-electron chi connectivity index (χ1n) is 12.2. The Labute approximate surface area is 208 Å². The lowest BCUT2D eigenvalue weighted by Crippen LogP contribution is -2.25. The number of anilines is 3. The van der Waals surface area contributed by atoms with Gasteiger partial charge in [-0.1, -0.05) is 30.3 Å². The average Bonchev–Trinajstić information content (AvgIpc) is 3.61. The van der Waals surface area contributed by atoms with Gasteiger partial charge in [-0.15, -0.1) is 0 Å². The van der Waals surface area contributed by atoms with Gasteiger partial charge in [-0.25, -0.2) is 5.43 Å². The van der Waals surface area contributed by atoms with Crippen molar-refractivity contribution in [1.29, 1.82) is 0 Å². The number of hydrogen-bond acceptors (Lipinski definition) is 10. The largest absolute Gasteiger partial charge is 0.502 e. The van der Waals surface area contributed by atoms with Gasteiger partial charge in [0.2, 0.25) is 23.6 Å². The van der Waals surface area contributed by atoms with Gasteiger partial charge in [0.25, 0.3) is 0 Å². The molecule has 0 spiro atoms. The van der Waals surface area contributed by atoms with Crippen LogP contribution in [0.3, 0.4) is 0 Å². The van der Waals surface area contributed by atoms with Crippen molar-refractivity contribution in [2.75, 3.05) is 41.4 Å². The van der Waals surface area contributed by atoms with Crippen LogP contribution in [0.25, 0.3) is 0 Å². The van der Waals surface area contributed by atoms with Crippen LogP contribution in [0.4, 0.5) is 23.5 Å².